The van der Waals surface area contributed by atoms with E-state index in [9.17, 15) is 16.8 Å². The molecule has 0 atom stereocenters. The summed E-state index contributed by atoms with van der Waals surface area (Å²) >= 11 is 6.27. The molecule has 9 nitrogen and oxygen atoms in total. The maximum absolute atomic E-state index is 12.7. The van der Waals surface area contributed by atoms with Crippen LogP contribution in [0.4, 0.5) is 17.5 Å². The van der Waals surface area contributed by atoms with Gasteiger partial charge in [0.05, 0.1) is 28.3 Å². The van der Waals surface area contributed by atoms with Gasteiger partial charge < -0.3 is 10.6 Å². The van der Waals surface area contributed by atoms with Crippen molar-refractivity contribution in [2.45, 2.75) is 61.8 Å². The van der Waals surface area contributed by atoms with Crippen LogP contribution in [0.25, 0.3) is 0 Å². The molecule has 0 amide bonds. The van der Waals surface area contributed by atoms with Gasteiger partial charge in [0.25, 0.3) is 0 Å². The molecule has 0 spiro atoms. The number of sulfone groups is 1. The van der Waals surface area contributed by atoms with Gasteiger partial charge in [-0.1, -0.05) is 23.7 Å². The number of nitrogens with zero attached hydrogens (tertiary/aromatic N) is 2. The van der Waals surface area contributed by atoms with E-state index in [1.165, 1.54) is 6.20 Å². The maximum atomic E-state index is 12.7. The number of rotatable bonds is 8. The maximum Gasteiger partial charge on any atom is 0.224 e. The number of halogens is 1. The van der Waals surface area contributed by atoms with Gasteiger partial charge in [0.1, 0.15) is 5.02 Å². The number of benzene rings is 1. The first-order valence-electron chi connectivity index (χ1n) is 10.3. The molecule has 0 bridgehead atoms. The standard InChI is InChI=1S/C20H28ClN5O4S2/c1-13(2)32(29,30)18-7-5-4-6-17(18)24-19-16(21)12-22-20(25-19)23-14-8-10-15(11-9-14)26-31(3,27)28/h4-7,12-15,26H,8-11H2,1-3H3,(H2,22,23,24,25). The highest BCUT2D eigenvalue weighted by Crippen LogP contribution is 2.30. The molecule has 0 saturated heterocycles. The topological polar surface area (TPSA) is 130 Å². The highest BCUT2D eigenvalue weighted by Gasteiger charge is 2.25. The predicted octanol–water partition coefficient (Wildman–Crippen LogP) is 3.33. The zero-order valence-electron chi connectivity index (χ0n) is 18.2. The van der Waals surface area contributed by atoms with Gasteiger partial charge in [0, 0.05) is 12.1 Å². The van der Waals surface area contributed by atoms with Crippen molar-refractivity contribution in [1.82, 2.24) is 14.7 Å². The van der Waals surface area contributed by atoms with Gasteiger partial charge in [-0.05, 0) is 51.7 Å². The van der Waals surface area contributed by atoms with Crippen molar-refractivity contribution < 1.29 is 16.8 Å². The minimum Gasteiger partial charge on any atom is -0.351 e. The molecule has 3 N–H and O–H groups in total. The molecule has 0 aliphatic heterocycles. The number of aromatic nitrogens is 2. The van der Waals surface area contributed by atoms with Crippen molar-refractivity contribution in [3.8, 4) is 0 Å². The Morgan fingerprint density at radius 2 is 1.66 bits per heavy atom. The first-order chi connectivity index (χ1) is 15.0. The van der Waals surface area contributed by atoms with Gasteiger partial charge in [0.15, 0.2) is 15.7 Å². The normalized spacial score (nSPS) is 19.7. The number of para-hydroxylation sites is 1. The van der Waals surface area contributed by atoms with E-state index in [1.54, 1.807) is 38.1 Å². The third-order valence-electron chi connectivity index (χ3n) is 5.25. The molecule has 3 rings (SSSR count). The van der Waals surface area contributed by atoms with Gasteiger partial charge in [-0.15, -0.1) is 0 Å². The minimum absolute atomic E-state index is 0.0641. The zero-order chi connectivity index (χ0) is 23.5. The molecule has 1 aromatic heterocycles. The van der Waals surface area contributed by atoms with Crippen molar-refractivity contribution in [2.75, 3.05) is 16.9 Å². The number of sulfonamides is 1. The molecule has 1 aliphatic rings. The van der Waals surface area contributed by atoms with Crippen molar-refractivity contribution in [2.24, 2.45) is 0 Å². The second-order valence-corrected chi connectivity index (χ2v) is 12.8. The van der Waals surface area contributed by atoms with Gasteiger partial charge >= 0.3 is 0 Å². The summed E-state index contributed by atoms with van der Waals surface area (Å²) in [5.74, 6) is 0.656. The molecular weight excluding hydrogens is 474 g/mol. The Kier molecular flexibility index (Phi) is 7.64. The van der Waals surface area contributed by atoms with E-state index in [0.717, 1.165) is 19.1 Å². The lowest BCUT2D eigenvalue weighted by molar-refractivity contribution is 0.387. The monoisotopic (exact) mass is 501 g/mol. The third-order valence-corrected chi connectivity index (χ3v) is 8.50. The molecule has 0 unspecified atom stereocenters. The number of anilines is 3. The van der Waals surface area contributed by atoms with Crippen LogP contribution < -0.4 is 15.4 Å². The summed E-state index contributed by atoms with van der Waals surface area (Å²) in [4.78, 5) is 8.84. The molecule has 1 fully saturated rings. The van der Waals surface area contributed by atoms with Gasteiger partial charge in [-0.2, -0.15) is 4.98 Å². The summed E-state index contributed by atoms with van der Waals surface area (Å²) < 4.78 is 50.9. The van der Waals surface area contributed by atoms with Crippen LogP contribution in [0.2, 0.25) is 5.02 Å². The van der Waals surface area contributed by atoms with Crippen LogP contribution >= 0.6 is 11.6 Å². The van der Waals surface area contributed by atoms with Crippen molar-refractivity contribution >= 4 is 48.9 Å². The van der Waals surface area contributed by atoms with E-state index in [2.05, 4.69) is 25.3 Å². The van der Waals surface area contributed by atoms with Crippen LogP contribution in [0.5, 0.6) is 0 Å². The van der Waals surface area contributed by atoms with E-state index in [1.807, 2.05) is 0 Å². The second-order valence-electron chi connectivity index (χ2n) is 8.19. The lowest BCUT2D eigenvalue weighted by atomic mass is 9.92. The molecule has 1 aliphatic carbocycles. The Hall–Kier alpha value is -1.95. The van der Waals surface area contributed by atoms with Crippen LogP contribution in [0.1, 0.15) is 39.5 Å². The Morgan fingerprint density at radius 1 is 1.03 bits per heavy atom. The Labute approximate surface area is 194 Å². The molecule has 2 aromatic rings. The van der Waals surface area contributed by atoms with Gasteiger partial charge in [0.2, 0.25) is 16.0 Å². The molecule has 12 heteroatoms. The smallest absolute Gasteiger partial charge is 0.224 e. The zero-order valence-corrected chi connectivity index (χ0v) is 20.6. The quantitative estimate of drug-likeness (QED) is 0.502. The minimum atomic E-state index is -3.51. The summed E-state index contributed by atoms with van der Waals surface area (Å²) in [6, 6.07) is 6.65. The van der Waals surface area contributed by atoms with Crippen molar-refractivity contribution in [1.29, 1.82) is 0 Å². The molecule has 176 valence electrons. The van der Waals surface area contributed by atoms with Crippen LogP contribution in [0.3, 0.4) is 0 Å². The number of hydrogen-bond acceptors (Lipinski definition) is 8. The Morgan fingerprint density at radius 3 is 2.28 bits per heavy atom. The molecule has 1 heterocycles. The summed E-state index contributed by atoms with van der Waals surface area (Å²) in [7, 11) is -6.73. The van der Waals surface area contributed by atoms with E-state index >= 15 is 0 Å². The summed E-state index contributed by atoms with van der Waals surface area (Å²) in [6.07, 6.45) is 5.57. The first kappa shape index (κ1) is 24.7. The number of nitrogens with one attached hydrogen (secondary N) is 3. The Balaban J connectivity index is 1.73. The van der Waals surface area contributed by atoms with Crippen LogP contribution in [0, 0.1) is 0 Å². The van der Waals surface area contributed by atoms with Crippen LogP contribution in [-0.2, 0) is 19.9 Å². The fourth-order valence-electron chi connectivity index (χ4n) is 3.56. The van der Waals surface area contributed by atoms with E-state index < -0.39 is 25.1 Å². The van der Waals surface area contributed by atoms with Crippen LogP contribution in [0.15, 0.2) is 35.4 Å². The summed E-state index contributed by atoms with van der Waals surface area (Å²) in [5, 5.41) is 5.98. The largest absolute Gasteiger partial charge is 0.351 e. The van der Waals surface area contributed by atoms with Crippen molar-refractivity contribution in [3.05, 3.63) is 35.5 Å². The van der Waals surface area contributed by atoms with E-state index in [4.69, 9.17) is 11.6 Å². The molecular formula is C20H28ClN5O4S2. The lowest BCUT2D eigenvalue weighted by Gasteiger charge is -2.29. The highest BCUT2D eigenvalue weighted by molar-refractivity contribution is 7.92. The molecule has 32 heavy (non-hydrogen) atoms. The van der Waals surface area contributed by atoms with Crippen molar-refractivity contribution in [3.63, 3.8) is 0 Å². The lowest BCUT2D eigenvalue weighted by Crippen LogP contribution is -2.39. The van der Waals surface area contributed by atoms with Crippen LogP contribution in [-0.4, -0.2) is 50.4 Å². The first-order valence-corrected chi connectivity index (χ1v) is 14.1. The summed E-state index contributed by atoms with van der Waals surface area (Å²) in [6.45, 7) is 3.26. The Bertz CT molecular complexity index is 1160. The summed E-state index contributed by atoms with van der Waals surface area (Å²) in [5.41, 5.74) is 0.389. The molecule has 0 radical (unpaired) electrons. The van der Waals surface area contributed by atoms with Gasteiger partial charge in [-0.3, -0.25) is 0 Å². The van der Waals surface area contributed by atoms with E-state index in [-0.39, 0.29) is 22.0 Å². The fraction of sp³-hybridized carbons (Fsp3) is 0.500. The third kappa shape index (κ3) is 6.31. The average Bonchev–Trinajstić information content (AvgIpc) is 2.71. The SMILES string of the molecule is CC(C)S(=O)(=O)c1ccccc1Nc1nc(NC2CCC(NS(C)(=O)=O)CC2)ncc1Cl. The average molecular weight is 502 g/mol. The molecule has 1 saturated carbocycles. The van der Waals surface area contributed by atoms with Gasteiger partial charge in [-0.25, -0.2) is 26.5 Å². The second kappa shape index (κ2) is 9.90. The van der Waals surface area contributed by atoms with E-state index in [0.29, 0.717) is 30.3 Å². The number of hydrogen-bond donors (Lipinski definition) is 3. The molecule has 1 aromatic carbocycles. The predicted molar refractivity (Wildman–Crippen MR) is 127 cm³/mol. The fourth-order valence-corrected chi connectivity index (χ4v) is 5.75. The highest BCUT2D eigenvalue weighted by atomic mass is 35.5.